The molecule has 0 unspecified atom stereocenters. The summed E-state index contributed by atoms with van der Waals surface area (Å²) < 4.78 is 0. The fourth-order valence-corrected chi connectivity index (χ4v) is 3.91. The summed E-state index contributed by atoms with van der Waals surface area (Å²) in [6.45, 7) is 8.21. The molecule has 1 aliphatic heterocycles. The summed E-state index contributed by atoms with van der Waals surface area (Å²) in [5.41, 5.74) is 3.16. The number of hydrogen-bond acceptors (Lipinski definition) is 4. The maximum absolute atomic E-state index is 12.8. The van der Waals surface area contributed by atoms with E-state index in [2.05, 4.69) is 26.6 Å². The van der Waals surface area contributed by atoms with E-state index in [-0.39, 0.29) is 24.0 Å². The molecule has 1 aliphatic rings. The molecule has 2 aromatic rings. The van der Waals surface area contributed by atoms with Crippen LogP contribution >= 0.6 is 11.6 Å². The molecule has 1 aromatic carbocycles. The predicted molar refractivity (Wildman–Crippen MR) is 113 cm³/mol. The van der Waals surface area contributed by atoms with Crippen molar-refractivity contribution in [3.8, 4) is 0 Å². The van der Waals surface area contributed by atoms with Gasteiger partial charge in [-0.3, -0.25) is 14.7 Å². The van der Waals surface area contributed by atoms with Crippen molar-refractivity contribution in [3.63, 3.8) is 0 Å². The number of amides is 1. The van der Waals surface area contributed by atoms with Crippen molar-refractivity contribution in [3.05, 3.63) is 64.4 Å². The maximum Gasteiger partial charge on any atom is 0.237 e. The van der Waals surface area contributed by atoms with E-state index in [4.69, 9.17) is 11.6 Å². The second kappa shape index (κ2) is 9.50. The first kappa shape index (κ1) is 20.8. The van der Waals surface area contributed by atoms with Crippen LogP contribution in [0.2, 0.25) is 5.02 Å². The standard InChI is InChI=1S/C22H29ClN4O/c1-15(2)25-22(28)21-11-20(24-12-19-9-4-6-16(3)26-19)14-27(21)13-17-7-5-8-18(23)10-17/h4-10,15,20-21,24H,11-14H2,1-3H3,(H,25,28)/t20-,21+/m1/s1. The fraction of sp³-hybridized carbons (Fsp3) is 0.455. The van der Waals surface area contributed by atoms with Crippen molar-refractivity contribution in [1.29, 1.82) is 0 Å². The van der Waals surface area contributed by atoms with E-state index in [1.54, 1.807) is 0 Å². The zero-order chi connectivity index (χ0) is 20.1. The average molecular weight is 401 g/mol. The van der Waals surface area contributed by atoms with Crippen LogP contribution in [0.5, 0.6) is 0 Å². The number of carbonyl (C=O) groups excluding carboxylic acids is 1. The molecule has 1 fully saturated rings. The van der Waals surface area contributed by atoms with Gasteiger partial charge in [0.25, 0.3) is 0 Å². The highest BCUT2D eigenvalue weighted by molar-refractivity contribution is 6.30. The van der Waals surface area contributed by atoms with Crippen LogP contribution in [0.4, 0.5) is 0 Å². The number of aromatic nitrogens is 1. The highest BCUT2D eigenvalue weighted by Gasteiger charge is 2.36. The summed E-state index contributed by atoms with van der Waals surface area (Å²) in [4.78, 5) is 19.6. The lowest BCUT2D eigenvalue weighted by molar-refractivity contribution is -0.126. The zero-order valence-corrected chi connectivity index (χ0v) is 17.5. The average Bonchev–Trinajstić information content (AvgIpc) is 3.02. The van der Waals surface area contributed by atoms with Gasteiger partial charge in [0.05, 0.1) is 11.7 Å². The second-order valence-corrected chi connectivity index (χ2v) is 8.26. The van der Waals surface area contributed by atoms with Crippen LogP contribution in [-0.2, 0) is 17.9 Å². The lowest BCUT2D eigenvalue weighted by Gasteiger charge is -2.24. The summed E-state index contributed by atoms with van der Waals surface area (Å²) in [6, 6.07) is 14.1. The molecule has 2 atom stereocenters. The molecule has 0 radical (unpaired) electrons. The van der Waals surface area contributed by atoms with E-state index < -0.39 is 0 Å². The number of carbonyl (C=O) groups is 1. The van der Waals surface area contributed by atoms with Gasteiger partial charge in [0, 0.05) is 42.4 Å². The molecule has 0 saturated carbocycles. The normalized spacial score (nSPS) is 19.9. The highest BCUT2D eigenvalue weighted by Crippen LogP contribution is 2.23. The van der Waals surface area contributed by atoms with Crippen molar-refractivity contribution >= 4 is 17.5 Å². The Hall–Kier alpha value is -1.95. The Morgan fingerprint density at radius 3 is 2.79 bits per heavy atom. The molecule has 1 aromatic heterocycles. The molecule has 5 nitrogen and oxygen atoms in total. The summed E-state index contributed by atoms with van der Waals surface area (Å²) in [5, 5.41) is 7.37. The SMILES string of the molecule is Cc1cccc(CN[C@@H]2C[C@@H](C(=O)NC(C)C)N(Cc3cccc(Cl)c3)C2)n1. The van der Waals surface area contributed by atoms with Gasteiger partial charge in [0.15, 0.2) is 0 Å². The van der Waals surface area contributed by atoms with Crippen LogP contribution in [0.25, 0.3) is 0 Å². The Bertz CT molecular complexity index is 811. The summed E-state index contributed by atoms with van der Waals surface area (Å²) in [5.74, 6) is 0.0926. The number of halogens is 1. The Kier molecular flexibility index (Phi) is 7.05. The van der Waals surface area contributed by atoms with Crippen LogP contribution in [0.1, 0.15) is 37.2 Å². The number of aryl methyl sites for hydroxylation is 1. The monoisotopic (exact) mass is 400 g/mol. The van der Waals surface area contributed by atoms with Gasteiger partial charge in [0.1, 0.15) is 0 Å². The van der Waals surface area contributed by atoms with Gasteiger partial charge in [-0.25, -0.2) is 0 Å². The van der Waals surface area contributed by atoms with Gasteiger partial charge in [-0.2, -0.15) is 0 Å². The van der Waals surface area contributed by atoms with E-state index in [1.807, 2.05) is 57.2 Å². The van der Waals surface area contributed by atoms with Crippen LogP contribution in [0, 0.1) is 6.92 Å². The highest BCUT2D eigenvalue weighted by atomic mass is 35.5. The Morgan fingerprint density at radius 2 is 2.07 bits per heavy atom. The first-order chi connectivity index (χ1) is 13.4. The van der Waals surface area contributed by atoms with Crippen molar-refractivity contribution in [2.75, 3.05) is 6.54 Å². The quantitative estimate of drug-likeness (QED) is 0.748. The largest absolute Gasteiger partial charge is 0.353 e. The lowest BCUT2D eigenvalue weighted by atomic mass is 10.1. The molecule has 150 valence electrons. The van der Waals surface area contributed by atoms with Gasteiger partial charge in [0.2, 0.25) is 5.91 Å². The summed E-state index contributed by atoms with van der Waals surface area (Å²) in [6.07, 6.45) is 0.783. The van der Waals surface area contributed by atoms with Crippen LogP contribution < -0.4 is 10.6 Å². The van der Waals surface area contributed by atoms with E-state index in [1.165, 1.54) is 0 Å². The van der Waals surface area contributed by atoms with Crippen LogP contribution in [0.3, 0.4) is 0 Å². The molecule has 3 rings (SSSR count). The summed E-state index contributed by atoms with van der Waals surface area (Å²) in [7, 11) is 0. The third kappa shape index (κ3) is 5.77. The number of benzene rings is 1. The second-order valence-electron chi connectivity index (χ2n) is 7.82. The molecular formula is C22H29ClN4O. The Balaban J connectivity index is 1.67. The molecule has 2 heterocycles. The van der Waals surface area contributed by atoms with E-state index in [9.17, 15) is 4.79 Å². The molecule has 6 heteroatoms. The molecule has 0 bridgehead atoms. The smallest absolute Gasteiger partial charge is 0.237 e. The summed E-state index contributed by atoms with van der Waals surface area (Å²) >= 11 is 6.14. The number of pyridine rings is 1. The van der Waals surface area contributed by atoms with E-state index in [0.29, 0.717) is 13.1 Å². The molecule has 2 N–H and O–H groups in total. The van der Waals surface area contributed by atoms with E-state index in [0.717, 1.165) is 34.9 Å². The fourth-order valence-electron chi connectivity index (χ4n) is 3.70. The van der Waals surface area contributed by atoms with Crippen molar-refractivity contribution in [2.24, 2.45) is 0 Å². The maximum atomic E-state index is 12.8. The van der Waals surface area contributed by atoms with Gasteiger partial charge < -0.3 is 10.6 Å². The number of nitrogens with one attached hydrogen (secondary N) is 2. The minimum Gasteiger partial charge on any atom is -0.353 e. The predicted octanol–water partition coefficient (Wildman–Crippen LogP) is 3.30. The Morgan fingerprint density at radius 1 is 1.29 bits per heavy atom. The third-order valence-corrected chi connectivity index (χ3v) is 5.16. The van der Waals surface area contributed by atoms with Crippen molar-refractivity contribution in [1.82, 2.24) is 20.5 Å². The van der Waals surface area contributed by atoms with Crippen LogP contribution in [0.15, 0.2) is 42.5 Å². The zero-order valence-electron chi connectivity index (χ0n) is 16.8. The number of rotatable bonds is 7. The minimum absolute atomic E-state index is 0.0926. The topological polar surface area (TPSA) is 57.3 Å². The van der Waals surface area contributed by atoms with Crippen molar-refractivity contribution < 1.29 is 4.79 Å². The van der Waals surface area contributed by atoms with E-state index >= 15 is 0 Å². The molecule has 0 spiro atoms. The van der Waals surface area contributed by atoms with Gasteiger partial charge in [-0.05, 0) is 57.0 Å². The number of likely N-dealkylation sites (tertiary alicyclic amines) is 1. The molecule has 0 aliphatic carbocycles. The first-order valence-corrected chi connectivity index (χ1v) is 10.2. The lowest BCUT2D eigenvalue weighted by Crippen LogP contribution is -2.45. The first-order valence-electron chi connectivity index (χ1n) is 9.85. The third-order valence-electron chi connectivity index (χ3n) is 4.93. The number of hydrogen-bond donors (Lipinski definition) is 2. The van der Waals surface area contributed by atoms with Crippen LogP contribution in [-0.4, -0.2) is 40.5 Å². The van der Waals surface area contributed by atoms with Gasteiger partial charge in [-0.1, -0.05) is 29.8 Å². The van der Waals surface area contributed by atoms with Crippen molar-refractivity contribution in [2.45, 2.75) is 58.4 Å². The number of nitrogens with zero attached hydrogens (tertiary/aromatic N) is 2. The molecule has 1 saturated heterocycles. The van der Waals surface area contributed by atoms with Gasteiger partial charge >= 0.3 is 0 Å². The molecular weight excluding hydrogens is 372 g/mol. The molecule has 1 amide bonds. The Labute approximate surface area is 172 Å². The minimum atomic E-state index is -0.149. The van der Waals surface area contributed by atoms with Gasteiger partial charge in [-0.15, -0.1) is 0 Å². The molecule has 28 heavy (non-hydrogen) atoms.